The molecule has 31 heavy (non-hydrogen) atoms. The van der Waals surface area contributed by atoms with Crippen molar-refractivity contribution in [3.63, 3.8) is 0 Å². The van der Waals surface area contributed by atoms with E-state index >= 15 is 0 Å². The zero-order valence-corrected chi connectivity index (χ0v) is 19.4. The molecule has 1 heteroatoms. The molecule has 5 rings (SSSR count). The van der Waals surface area contributed by atoms with Crippen molar-refractivity contribution in [3.05, 3.63) is 171 Å². The molecular formula is C30H28Ti. The number of rotatable bonds is 0. The Morgan fingerprint density at radius 2 is 0.774 bits per heavy atom. The maximum atomic E-state index is 3.72. The van der Waals surface area contributed by atoms with Gasteiger partial charge in [-0.05, 0) is 0 Å². The summed E-state index contributed by atoms with van der Waals surface area (Å²) in [6.07, 6.45) is 0. The van der Waals surface area contributed by atoms with Crippen LogP contribution in [0.4, 0.5) is 0 Å². The molecular weight excluding hydrogens is 408 g/mol. The molecule has 0 fully saturated rings. The summed E-state index contributed by atoms with van der Waals surface area (Å²) < 4.78 is 0. The van der Waals surface area contributed by atoms with Crippen LogP contribution in [0.15, 0.2) is 133 Å². The summed E-state index contributed by atoms with van der Waals surface area (Å²) in [6.45, 7) is 11.2. The SMILES string of the molecule is [CH2-]c1ccccc1.[CH2-]c1ccccc1.[CH2-]c1ccccc1.[Ti+4].c1ccc2[cH-]ccc2c1. The quantitative estimate of drug-likeness (QED) is 0.170. The molecule has 0 spiro atoms. The predicted octanol–water partition coefficient (Wildman–Crippen LogP) is 8.16. The van der Waals surface area contributed by atoms with Crippen LogP contribution in [-0.4, -0.2) is 0 Å². The monoisotopic (exact) mass is 436 g/mol. The van der Waals surface area contributed by atoms with Gasteiger partial charge in [0.1, 0.15) is 0 Å². The van der Waals surface area contributed by atoms with Gasteiger partial charge in [0, 0.05) is 0 Å². The Kier molecular flexibility index (Phi) is 13.0. The minimum atomic E-state index is 0. The zero-order valence-electron chi connectivity index (χ0n) is 17.8. The second kappa shape index (κ2) is 15.6. The Hall–Kier alpha value is -3.19. The van der Waals surface area contributed by atoms with Crippen LogP contribution in [0.5, 0.6) is 0 Å². The average Bonchev–Trinajstić information content (AvgIpc) is 3.26. The van der Waals surface area contributed by atoms with Crippen LogP contribution >= 0.6 is 0 Å². The summed E-state index contributed by atoms with van der Waals surface area (Å²) in [6, 6.07) is 44.3. The summed E-state index contributed by atoms with van der Waals surface area (Å²) in [7, 11) is 0. The van der Waals surface area contributed by atoms with Gasteiger partial charge in [0.25, 0.3) is 0 Å². The van der Waals surface area contributed by atoms with Gasteiger partial charge in [-0.1, -0.05) is 24.3 Å². The van der Waals surface area contributed by atoms with Gasteiger partial charge in [0.2, 0.25) is 0 Å². The van der Waals surface area contributed by atoms with Gasteiger partial charge in [-0.25, -0.2) is 0 Å². The summed E-state index contributed by atoms with van der Waals surface area (Å²) in [5.74, 6) is 0. The van der Waals surface area contributed by atoms with Gasteiger partial charge in [-0.15, -0.1) is 66.0 Å². The summed E-state index contributed by atoms with van der Waals surface area (Å²) in [4.78, 5) is 0. The molecule has 0 unspecified atom stereocenters. The fourth-order valence-corrected chi connectivity index (χ4v) is 2.50. The molecule has 0 saturated carbocycles. The molecule has 0 saturated heterocycles. The largest absolute Gasteiger partial charge is 4.00 e. The Morgan fingerprint density at radius 3 is 1.10 bits per heavy atom. The first kappa shape index (κ1) is 25.9. The van der Waals surface area contributed by atoms with Crippen molar-refractivity contribution in [3.8, 4) is 0 Å². The van der Waals surface area contributed by atoms with E-state index < -0.39 is 0 Å². The molecule has 0 bridgehead atoms. The Balaban J connectivity index is 0.000000206. The molecule has 0 amide bonds. The van der Waals surface area contributed by atoms with E-state index in [0.29, 0.717) is 0 Å². The molecule has 0 aliphatic carbocycles. The van der Waals surface area contributed by atoms with Crippen molar-refractivity contribution < 1.29 is 21.7 Å². The number of hydrogen-bond donors (Lipinski definition) is 0. The third-order valence-electron chi connectivity index (χ3n) is 4.08. The fourth-order valence-electron chi connectivity index (χ4n) is 2.50. The third-order valence-corrected chi connectivity index (χ3v) is 4.08. The van der Waals surface area contributed by atoms with Crippen molar-refractivity contribution in [2.75, 3.05) is 0 Å². The molecule has 152 valence electrons. The second-order valence-electron chi connectivity index (χ2n) is 6.61. The van der Waals surface area contributed by atoms with Crippen molar-refractivity contribution in [2.24, 2.45) is 0 Å². The van der Waals surface area contributed by atoms with Crippen molar-refractivity contribution in [2.45, 2.75) is 0 Å². The summed E-state index contributed by atoms with van der Waals surface area (Å²) in [5, 5.41) is 2.66. The van der Waals surface area contributed by atoms with E-state index in [1.807, 2.05) is 91.0 Å². The van der Waals surface area contributed by atoms with Crippen LogP contribution in [0, 0.1) is 20.8 Å². The molecule has 0 aliphatic heterocycles. The van der Waals surface area contributed by atoms with Gasteiger partial charge in [0.15, 0.2) is 0 Å². The van der Waals surface area contributed by atoms with Gasteiger partial charge < -0.3 is 0 Å². The molecule has 0 aliphatic rings. The minimum Gasteiger partial charge on any atom is -0.199 e. The smallest absolute Gasteiger partial charge is 0.199 e. The first-order valence-electron chi connectivity index (χ1n) is 9.86. The number of hydrogen-bond acceptors (Lipinski definition) is 0. The molecule has 0 heterocycles. The van der Waals surface area contributed by atoms with E-state index in [9.17, 15) is 0 Å². The standard InChI is InChI=1S/C9H7.3C7H7.Ti/c1-2-5-9-7-3-6-8(9)4-1;3*1-7-5-3-2-4-6-7;/h1-7H;3*2-6H,1H2;/q4*-1;+4. The number of fused-ring (bicyclic) bond motifs is 1. The fraction of sp³-hybridized carbons (Fsp3) is 0. The Labute approximate surface area is 202 Å². The van der Waals surface area contributed by atoms with Gasteiger partial charge >= 0.3 is 21.7 Å². The summed E-state index contributed by atoms with van der Waals surface area (Å²) >= 11 is 0. The van der Waals surface area contributed by atoms with Crippen molar-refractivity contribution in [1.29, 1.82) is 0 Å². The molecule has 0 N–H and O–H groups in total. The average molecular weight is 436 g/mol. The molecule has 0 aromatic heterocycles. The molecule has 0 atom stereocenters. The summed E-state index contributed by atoms with van der Waals surface area (Å²) in [5.41, 5.74) is 3.22. The van der Waals surface area contributed by atoms with E-state index in [4.69, 9.17) is 0 Å². The van der Waals surface area contributed by atoms with E-state index in [1.165, 1.54) is 10.8 Å². The van der Waals surface area contributed by atoms with Gasteiger partial charge in [-0.2, -0.15) is 91.4 Å². The third kappa shape index (κ3) is 11.5. The molecule has 5 aromatic rings. The predicted molar refractivity (Wildman–Crippen MR) is 132 cm³/mol. The van der Waals surface area contributed by atoms with Crippen molar-refractivity contribution >= 4 is 10.8 Å². The van der Waals surface area contributed by atoms with Crippen LogP contribution in [0.2, 0.25) is 0 Å². The van der Waals surface area contributed by atoms with Crippen LogP contribution in [-0.2, 0) is 21.7 Å². The van der Waals surface area contributed by atoms with E-state index in [2.05, 4.69) is 63.2 Å². The van der Waals surface area contributed by atoms with E-state index in [-0.39, 0.29) is 21.7 Å². The Bertz CT molecular complexity index is 929. The van der Waals surface area contributed by atoms with Crippen LogP contribution in [0.3, 0.4) is 0 Å². The van der Waals surface area contributed by atoms with Crippen LogP contribution in [0.1, 0.15) is 16.7 Å². The number of benzene rings is 4. The second-order valence-corrected chi connectivity index (χ2v) is 6.61. The van der Waals surface area contributed by atoms with Gasteiger partial charge in [0.05, 0.1) is 0 Å². The maximum Gasteiger partial charge on any atom is 4.00 e. The van der Waals surface area contributed by atoms with E-state index in [1.54, 1.807) is 0 Å². The maximum absolute atomic E-state index is 3.72. The van der Waals surface area contributed by atoms with Crippen LogP contribution in [0.25, 0.3) is 10.8 Å². The van der Waals surface area contributed by atoms with Crippen LogP contribution < -0.4 is 0 Å². The first-order valence-corrected chi connectivity index (χ1v) is 9.86. The topological polar surface area (TPSA) is 0 Å². The van der Waals surface area contributed by atoms with E-state index in [0.717, 1.165) is 16.7 Å². The van der Waals surface area contributed by atoms with Crippen molar-refractivity contribution in [1.82, 2.24) is 0 Å². The molecule has 0 nitrogen and oxygen atoms in total. The van der Waals surface area contributed by atoms with Gasteiger partial charge in [-0.3, -0.25) is 0 Å². The zero-order chi connectivity index (χ0) is 21.4. The molecule has 5 aromatic carbocycles. The normalized spacial score (nSPS) is 8.77. The molecule has 0 radical (unpaired) electrons. The minimum absolute atomic E-state index is 0. The Morgan fingerprint density at radius 1 is 0.419 bits per heavy atom. The first-order chi connectivity index (χ1) is 14.6.